The average Bonchev–Trinajstić information content (AvgIpc) is 2.47. The molecule has 6 heteroatoms. The van der Waals surface area contributed by atoms with Crippen molar-refractivity contribution in [1.29, 1.82) is 0 Å². The number of benzene rings is 1. The van der Waals surface area contributed by atoms with Gasteiger partial charge in [-0.05, 0) is 12.1 Å². The molecule has 0 fully saturated rings. The van der Waals surface area contributed by atoms with Crippen molar-refractivity contribution in [3.8, 4) is 11.3 Å². The van der Waals surface area contributed by atoms with Gasteiger partial charge in [0, 0.05) is 7.05 Å². The van der Waals surface area contributed by atoms with Gasteiger partial charge in [0.2, 0.25) is 0 Å². The van der Waals surface area contributed by atoms with E-state index in [0.717, 1.165) is 12.1 Å². The van der Waals surface area contributed by atoms with E-state index in [1.165, 1.54) is 10.7 Å². The van der Waals surface area contributed by atoms with Crippen molar-refractivity contribution < 1.29 is 8.78 Å². The minimum Gasteiger partial charge on any atom is -0.383 e. The van der Waals surface area contributed by atoms with Crippen LogP contribution in [0.2, 0.25) is 5.02 Å². The van der Waals surface area contributed by atoms with Crippen molar-refractivity contribution in [2.75, 3.05) is 5.73 Å². The van der Waals surface area contributed by atoms with Crippen molar-refractivity contribution in [1.82, 2.24) is 9.78 Å². The van der Waals surface area contributed by atoms with Crippen LogP contribution in [-0.4, -0.2) is 9.78 Å². The summed E-state index contributed by atoms with van der Waals surface area (Å²) in [5.74, 6) is -1.28. The first-order valence-electron chi connectivity index (χ1n) is 4.44. The molecule has 1 aromatic carbocycles. The lowest BCUT2D eigenvalue weighted by atomic mass is 10.1. The molecule has 0 aliphatic carbocycles. The van der Waals surface area contributed by atoms with Crippen LogP contribution in [0.15, 0.2) is 18.2 Å². The van der Waals surface area contributed by atoms with Gasteiger partial charge in [-0.2, -0.15) is 5.10 Å². The van der Waals surface area contributed by atoms with Crippen LogP contribution in [0.3, 0.4) is 0 Å². The van der Waals surface area contributed by atoms with Crippen molar-refractivity contribution in [2.45, 2.75) is 0 Å². The molecule has 0 radical (unpaired) electrons. The molecule has 0 saturated carbocycles. The summed E-state index contributed by atoms with van der Waals surface area (Å²) in [6.45, 7) is 0. The number of halogens is 3. The predicted molar refractivity (Wildman–Crippen MR) is 58.0 cm³/mol. The molecular formula is C10H8ClF2N3. The zero-order chi connectivity index (χ0) is 11.9. The normalized spacial score (nSPS) is 10.8. The number of nitrogens with zero attached hydrogens (tertiary/aromatic N) is 2. The van der Waals surface area contributed by atoms with E-state index >= 15 is 0 Å². The fourth-order valence-corrected chi connectivity index (χ4v) is 1.65. The van der Waals surface area contributed by atoms with Crippen LogP contribution in [-0.2, 0) is 7.05 Å². The Balaban J connectivity index is 2.72. The molecule has 0 spiro atoms. The van der Waals surface area contributed by atoms with E-state index in [1.54, 1.807) is 7.05 Å². The first-order chi connectivity index (χ1) is 7.52. The summed E-state index contributed by atoms with van der Waals surface area (Å²) in [5, 5.41) is 3.93. The van der Waals surface area contributed by atoms with Crippen molar-refractivity contribution in [3.63, 3.8) is 0 Å². The van der Waals surface area contributed by atoms with Crippen molar-refractivity contribution >= 4 is 17.4 Å². The molecule has 0 aliphatic heterocycles. The van der Waals surface area contributed by atoms with Gasteiger partial charge in [-0.25, -0.2) is 8.78 Å². The number of rotatable bonds is 1. The van der Waals surface area contributed by atoms with E-state index in [9.17, 15) is 8.78 Å². The molecule has 3 nitrogen and oxygen atoms in total. The highest BCUT2D eigenvalue weighted by atomic mass is 35.5. The Morgan fingerprint density at radius 1 is 1.31 bits per heavy atom. The number of nitrogens with two attached hydrogens (primary N) is 1. The summed E-state index contributed by atoms with van der Waals surface area (Å²) in [6.07, 6.45) is 0. The number of aryl methyl sites for hydroxylation is 1. The second kappa shape index (κ2) is 3.75. The molecule has 84 valence electrons. The minimum absolute atomic E-state index is 0.0114. The summed E-state index contributed by atoms with van der Waals surface area (Å²) in [4.78, 5) is 0. The minimum atomic E-state index is -0.722. The second-order valence-electron chi connectivity index (χ2n) is 3.27. The average molecular weight is 244 g/mol. The standard InChI is InChI=1S/C10H8ClF2N3/c1-16-10(14)8(11)9(15-16)7-5(12)3-2-4-6(7)13/h2-4H,14H2,1H3. The third kappa shape index (κ3) is 1.53. The molecule has 2 aromatic rings. The lowest BCUT2D eigenvalue weighted by Crippen LogP contribution is -1.97. The molecule has 0 aliphatic rings. The van der Waals surface area contributed by atoms with Crippen LogP contribution in [0.5, 0.6) is 0 Å². The van der Waals surface area contributed by atoms with Gasteiger partial charge in [0.1, 0.15) is 28.2 Å². The molecule has 0 atom stereocenters. The quantitative estimate of drug-likeness (QED) is 0.837. The van der Waals surface area contributed by atoms with Crippen LogP contribution in [0.4, 0.5) is 14.6 Å². The van der Waals surface area contributed by atoms with Crippen LogP contribution in [0.25, 0.3) is 11.3 Å². The Morgan fingerprint density at radius 2 is 1.88 bits per heavy atom. The third-order valence-electron chi connectivity index (χ3n) is 2.23. The second-order valence-corrected chi connectivity index (χ2v) is 3.65. The fourth-order valence-electron chi connectivity index (χ4n) is 1.39. The lowest BCUT2D eigenvalue weighted by molar-refractivity contribution is 0.588. The molecule has 0 bridgehead atoms. The highest BCUT2D eigenvalue weighted by molar-refractivity contribution is 6.35. The summed E-state index contributed by atoms with van der Waals surface area (Å²) < 4.78 is 28.2. The Hall–Kier alpha value is -1.62. The lowest BCUT2D eigenvalue weighted by Gasteiger charge is -2.01. The summed E-state index contributed by atoms with van der Waals surface area (Å²) in [7, 11) is 1.55. The van der Waals surface area contributed by atoms with E-state index in [0.29, 0.717) is 0 Å². The summed E-state index contributed by atoms with van der Waals surface area (Å²) >= 11 is 5.85. The molecule has 2 rings (SSSR count). The molecule has 16 heavy (non-hydrogen) atoms. The number of nitrogen functional groups attached to an aromatic ring is 1. The number of hydrogen-bond acceptors (Lipinski definition) is 2. The molecule has 1 aromatic heterocycles. The number of hydrogen-bond donors (Lipinski definition) is 1. The van der Waals surface area contributed by atoms with Gasteiger partial charge >= 0.3 is 0 Å². The zero-order valence-electron chi connectivity index (χ0n) is 8.34. The highest BCUT2D eigenvalue weighted by Gasteiger charge is 2.20. The van der Waals surface area contributed by atoms with Gasteiger partial charge in [0.15, 0.2) is 0 Å². The largest absolute Gasteiger partial charge is 0.383 e. The first kappa shape index (κ1) is 10.9. The van der Waals surface area contributed by atoms with Gasteiger partial charge in [-0.3, -0.25) is 4.68 Å². The Labute approximate surface area is 95.4 Å². The van der Waals surface area contributed by atoms with Crippen LogP contribution in [0.1, 0.15) is 0 Å². The van der Waals surface area contributed by atoms with Gasteiger partial charge in [0.05, 0.1) is 5.56 Å². The summed E-state index contributed by atoms with van der Waals surface area (Å²) in [5.41, 5.74) is 5.31. The SMILES string of the molecule is Cn1nc(-c2c(F)cccc2F)c(Cl)c1N. The van der Waals surface area contributed by atoms with Gasteiger partial charge < -0.3 is 5.73 Å². The van der Waals surface area contributed by atoms with E-state index < -0.39 is 11.6 Å². The van der Waals surface area contributed by atoms with Crippen LogP contribution >= 0.6 is 11.6 Å². The number of aromatic nitrogens is 2. The van der Waals surface area contributed by atoms with Crippen molar-refractivity contribution in [3.05, 3.63) is 34.9 Å². The smallest absolute Gasteiger partial charge is 0.140 e. The molecule has 0 unspecified atom stereocenters. The maximum absolute atomic E-state index is 13.5. The zero-order valence-corrected chi connectivity index (χ0v) is 9.09. The van der Waals surface area contributed by atoms with E-state index in [-0.39, 0.29) is 22.1 Å². The Kier molecular flexibility index (Phi) is 2.55. The van der Waals surface area contributed by atoms with Gasteiger partial charge in [-0.1, -0.05) is 17.7 Å². The molecule has 1 heterocycles. The maximum Gasteiger partial charge on any atom is 0.140 e. The van der Waals surface area contributed by atoms with Gasteiger partial charge in [0.25, 0.3) is 0 Å². The van der Waals surface area contributed by atoms with Crippen molar-refractivity contribution in [2.24, 2.45) is 7.05 Å². The predicted octanol–water partition coefficient (Wildman–Crippen LogP) is 2.60. The van der Waals surface area contributed by atoms with Crippen LogP contribution in [0, 0.1) is 11.6 Å². The van der Waals surface area contributed by atoms with E-state index in [4.69, 9.17) is 17.3 Å². The molecule has 0 amide bonds. The maximum atomic E-state index is 13.5. The van der Waals surface area contributed by atoms with Crippen LogP contribution < -0.4 is 5.73 Å². The Morgan fingerprint density at radius 3 is 2.31 bits per heavy atom. The molecular weight excluding hydrogens is 236 g/mol. The molecule has 0 saturated heterocycles. The monoisotopic (exact) mass is 243 g/mol. The highest BCUT2D eigenvalue weighted by Crippen LogP contribution is 2.34. The third-order valence-corrected chi connectivity index (χ3v) is 2.60. The fraction of sp³-hybridized carbons (Fsp3) is 0.100. The summed E-state index contributed by atoms with van der Waals surface area (Å²) in [6, 6.07) is 3.55. The van der Waals surface area contributed by atoms with E-state index in [1.807, 2.05) is 0 Å². The number of anilines is 1. The molecule has 2 N–H and O–H groups in total. The topological polar surface area (TPSA) is 43.8 Å². The van der Waals surface area contributed by atoms with Gasteiger partial charge in [-0.15, -0.1) is 0 Å². The first-order valence-corrected chi connectivity index (χ1v) is 4.82. The Bertz CT molecular complexity index is 531. The van der Waals surface area contributed by atoms with E-state index in [2.05, 4.69) is 5.10 Å².